The molecule has 0 heterocycles. The summed E-state index contributed by atoms with van der Waals surface area (Å²) in [5, 5.41) is 0. The van der Waals surface area contributed by atoms with Gasteiger partial charge in [0.05, 0.1) is 5.69 Å². The Morgan fingerprint density at radius 3 is 1.76 bits per heavy atom. The van der Waals surface area contributed by atoms with Crippen molar-refractivity contribution in [2.45, 2.75) is 20.0 Å². The van der Waals surface area contributed by atoms with Crippen molar-refractivity contribution in [3.05, 3.63) is 95.6 Å². The number of nitrogens with one attached hydrogen (secondary N) is 1. The zero-order valence-corrected chi connectivity index (χ0v) is 17.9. The molecule has 6 heteroatoms. The number of benzene rings is 3. The van der Waals surface area contributed by atoms with Crippen LogP contribution in [0.15, 0.2) is 78.9 Å². The van der Waals surface area contributed by atoms with Crippen LogP contribution in [-0.2, 0) is 23.3 Å². The van der Waals surface area contributed by atoms with Gasteiger partial charge in [0.25, 0.3) is 0 Å². The van der Waals surface area contributed by atoms with Gasteiger partial charge in [0, 0.05) is 32.9 Å². The van der Waals surface area contributed by atoms with Crippen LogP contribution in [-0.4, -0.2) is 26.8 Å². The van der Waals surface area contributed by atoms with E-state index < -0.39 is 10.2 Å². The second kappa shape index (κ2) is 9.11. The van der Waals surface area contributed by atoms with Crippen LogP contribution in [0.1, 0.15) is 16.7 Å². The molecule has 0 amide bonds. The minimum absolute atomic E-state index is 0.585. The average molecular weight is 410 g/mol. The van der Waals surface area contributed by atoms with Crippen LogP contribution < -0.4 is 9.62 Å². The number of rotatable bonds is 8. The normalized spacial score (nSPS) is 11.4. The molecule has 0 saturated carbocycles. The third-order valence-corrected chi connectivity index (χ3v) is 6.24. The summed E-state index contributed by atoms with van der Waals surface area (Å²) >= 11 is 0. The molecule has 0 aliphatic carbocycles. The van der Waals surface area contributed by atoms with Crippen LogP contribution in [0.3, 0.4) is 0 Å². The number of hydrogen-bond acceptors (Lipinski definition) is 3. The van der Waals surface area contributed by atoms with Gasteiger partial charge in [0.15, 0.2) is 0 Å². The maximum atomic E-state index is 12.3. The van der Waals surface area contributed by atoms with E-state index in [4.69, 9.17) is 0 Å². The van der Waals surface area contributed by atoms with E-state index in [0.29, 0.717) is 5.69 Å². The molecule has 1 N–H and O–H groups in total. The molecule has 5 nitrogen and oxygen atoms in total. The zero-order chi connectivity index (χ0) is 20.9. The van der Waals surface area contributed by atoms with E-state index in [1.54, 1.807) is 6.07 Å². The standard InChI is InChI=1S/C23H27N3O2S/c1-19-22(24-29(27,28)25(2)3)15-10-16-23(19)26(17-20-11-6-4-7-12-20)18-21-13-8-5-9-14-21/h4-16,24H,17-18H2,1-3H3. The molecule has 0 aliphatic rings. The molecule has 0 atom stereocenters. The first-order valence-electron chi connectivity index (χ1n) is 9.49. The fraction of sp³-hybridized carbons (Fsp3) is 0.217. The van der Waals surface area contributed by atoms with Crippen molar-refractivity contribution in [1.29, 1.82) is 0 Å². The Morgan fingerprint density at radius 2 is 1.28 bits per heavy atom. The van der Waals surface area contributed by atoms with Crippen LogP contribution in [0.5, 0.6) is 0 Å². The molecule has 0 aliphatic heterocycles. The summed E-state index contributed by atoms with van der Waals surface area (Å²) in [7, 11) is -0.544. The maximum absolute atomic E-state index is 12.3. The van der Waals surface area contributed by atoms with Gasteiger partial charge in [-0.05, 0) is 35.7 Å². The average Bonchev–Trinajstić information content (AvgIpc) is 2.70. The minimum atomic E-state index is -3.57. The Bertz CT molecular complexity index is 995. The first kappa shape index (κ1) is 20.9. The third-order valence-electron chi connectivity index (χ3n) is 4.80. The molecule has 0 unspecified atom stereocenters. The predicted octanol–water partition coefficient (Wildman–Crippen LogP) is 4.42. The van der Waals surface area contributed by atoms with Gasteiger partial charge in [0.2, 0.25) is 0 Å². The lowest BCUT2D eigenvalue weighted by atomic mass is 10.1. The Morgan fingerprint density at radius 1 is 0.759 bits per heavy atom. The van der Waals surface area contributed by atoms with Gasteiger partial charge in [-0.1, -0.05) is 66.7 Å². The van der Waals surface area contributed by atoms with Crippen LogP contribution >= 0.6 is 0 Å². The minimum Gasteiger partial charge on any atom is -0.363 e. The summed E-state index contributed by atoms with van der Waals surface area (Å²) in [5.74, 6) is 0. The molecule has 0 fully saturated rings. The van der Waals surface area contributed by atoms with Gasteiger partial charge in [-0.3, -0.25) is 4.72 Å². The third kappa shape index (κ3) is 5.37. The van der Waals surface area contributed by atoms with Crippen LogP contribution in [0.2, 0.25) is 0 Å². The lowest BCUT2D eigenvalue weighted by Crippen LogP contribution is -2.29. The summed E-state index contributed by atoms with van der Waals surface area (Å²) in [6.45, 7) is 3.40. The Labute approximate surface area is 173 Å². The van der Waals surface area contributed by atoms with Crippen molar-refractivity contribution >= 4 is 21.6 Å². The van der Waals surface area contributed by atoms with Crippen LogP contribution in [0, 0.1) is 6.92 Å². The molecule has 0 aromatic heterocycles. The number of anilines is 2. The second-order valence-electron chi connectivity index (χ2n) is 7.17. The molecule has 3 aromatic rings. The van der Waals surface area contributed by atoms with Gasteiger partial charge in [-0.15, -0.1) is 0 Å². The van der Waals surface area contributed by atoms with Crippen molar-refractivity contribution in [1.82, 2.24) is 4.31 Å². The van der Waals surface area contributed by atoms with Gasteiger partial charge in [0.1, 0.15) is 0 Å². The van der Waals surface area contributed by atoms with Gasteiger partial charge < -0.3 is 4.90 Å². The SMILES string of the molecule is Cc1c(NS(=O)(=O)N(C)C)cccc1N(Cc1ccccc1)Cc1ccccc1. The Balaban J connectivity index is 1.97. The molecular formula is C23H27N3O2S. The highest BCUT2D eigenvalue weighted by Gasteiger charge is 2.18. The monoisotopic (exact) mass is 409 g/mol. The molecule has 0 bridgehead atoms. The highest BCUT2D eigenvalue weighted by Crippen LogP contribution is 2.30. The predicted molar refractivity (Wildman–Crippen MR) is 120 cm³/mol. The van der Waals surface area contributed by atoms with Crippen LogP contribution in [0.25, 0.3) is 0 Å². The van der Waals surface area contributed by atoms with Crippen molar-refractivity contribution in [2.75, 3.05) is 23.7 Å². The lowest BCUT2D eigenvalue weighted by molar-refractivity contribution is 0.527. The number of hydrogen-bond donors (Lipinski definition) is 1. The molecular weight excluding hydrogens is 382 g/mol. The lowest BCUT2D eigenvalue weighted by Gasteiger charge is -2.28. The topological polar surface area (TPSA) is 52.7 Å². The zero-order valence-electron chi connectivity index (χ0n) is 17.0. The van der Waals surface area contributed by atoms with E-state index in [-0.39, 0.29) is 0 Å². The summed E-state index contributed by atoms with van der Waals surface area (Å²) in [4.78, 5) is 2.27. The summed E-state index contributed by atoms with van der Waals surface area (Å²) in [6.07, 6.45) is 0. The molecule has 0 saturated heterocycles. The Hall–Kier alpha value is -2.83. The fourth-order valence-electron chi connectivity index (χ4n) is 3.14. The molecule has 152 valence electrons. The maximum Gasteiger partial charge on any atom is 0.301 e. The molecule has 0 spiro atoms. The quantitative estimate of drug-likeness (QED) is 0.599. The van der Waals surface area contributed by atoms with Crippen molar-refractivity contribution < 1.29 is 8.42 Å². The summed E-state index contributed by atoms with van der Waals surface area (Å²) in [6, 6.07) is 26.3. The van der Waals surface area contributed by atoms with E-state index in [0.717, 1.165) is 24.3 Å². The van der Waals surface area contributed by atoms with E-state index in [1.165, 1.54) is 29.5 Å². The largest absolute Gasteiger partial charge is 0.363 e. The van der Waals surface area contributed by atoms with Gasteiger partial charge >= 0.3 is 10.2 Å². The fourth-order valence-corrected chi connectivity index (χ4v) is 3.82. The van der Waals surface area contributed by atoms with Crippen LogP contribution in [0.4, 0.5) is 11.4 Å². The number of nitrogens with zero attached hydrogens (tertiary/aromatic N) is 2. The van der Waals surface area contributed by atoms with Crippen molar-refractivity contribution in [2.24, 2.45) is 0 Å². The molecule has 0 radical (unpaired) electrons. The summed E-state index contributed by atoms with van der Waals surface area (Å²) in [5.41, 5.74) is 4.87. The van der Waals surface area contributed by atoms with Gasteiger partial charge in [-0.25, -0.2) is 0 Å². The van der Waals surface area contributed by atoms with Gasteiger partial charge in [-0.2, -0.15) is 12.7 Å². The Kier molecular flexibility index (Phi) is 6.56. The second-order valence-corrected chi connectivity index (χ2v) is 9.05. The molecule has 29 heavy (non-hydrogen) atoms. The highest BCUT2D eigenvalue weighted by atomic mass is 32.2. The van der Waals surface area contributed by atoms with Crippen molar-refractivity contribution in [3.63, 3.8) is 0 Å². The van der Waals surface area contributed by atoms with E-state index in [1.807, 2.05) is 55.5 Å². The molecule has 3 rings (SSSR count). The highest BCUT2D eigenvalue weighted by molar-refractivity contribution is 7.90. The smallest absolute Gasteiger partial charge is 0.301 e. The van der Waals surface area contributed by atoms with E-state index >= 15 is 0 Å². The first-order chi connectivity index (χ1) is 13.9. The van der Waals surface area contributed by atoms with E-state index in [9.17, 15) is 8.42 Å². The van der Waals surface area contributed by atoms with Crippen molar-refractivity contribution in [3.8, 4) is 0 Å². The van der Waals surface area contributed by atoms with E-state index in [2.05, 4.69) is 33.9 Å². The summed E-state index contributed by atoms with van der Waals surface area (Å²) < 4.78 is 28.5. The molecule has 3 aromatic carbocycles. The first-order valence-corrected chi connectivity index (χ1v) is 10.9.